The highest BCUT2D eigenvalue weighted by molar-refractivity contribution is 6.00. The molecule has 2 atom stereocenters. The summed E-state index contributed by atoms with van der Waals surface area (Å²) in [5, 5.41) is 6.79. The van der Waals surface area contributed by atoms with Gasteiger partial charge in [-0.15, -0.1) is 0 Å². The van der Waals surface area contributed by atoms with Gasteiger partial charge >= 0.3 is 0 Å². The summed E-state index contributed by atoms with van der Waals surface area (Å²) in [5.41, 5.74) is 0.869. The molecule has 3 rings (SSSR count). The van der Waals surface area contributed by atoms with E-state index in [-0.39, 0.29) is 11.9 Å². The summed E-state index contributed by atoms with van der Waals surface area (Å²) >= 11 is 0. The number of methoxy groups -OCH3 is 1. The molecule has 20 heavy (non-hydrogen) atoms. The van der Waals surface area contributed by atoms with Crippen LogP contribution >= 0.6 is 0 Å². The van der Waals surface area contributed by atoms with Crippen LogP contribution in [0.25, 0.3) is 0 Å². The zero-order chi connectivity index (χ0) is 13.9. The van der Waals surface area contributed by atoms with Crippen molar-refractivity contribution in [3.05, 3.63) is 24.3 Å². The lowest BCUT2D eigenvalue weighted by Crippen LogP contribution is -2.44. The monoisotopic (exact) mass is 275 g/mol. The molecule has 2 aliphatic rings. The van der Waals surface area contributed by atoms with Crippen LogP contribution in [0.2, 0.25) is 0 Å². The number of rotatable bonds is 4. The average Bonchev–Trinajstić information content (AvgIpc) is 3.11. The second-order valence-corrected chi connectivity index (χ2v) is 5.36. The van der Waals surface area contributed by atoms with Crippen LogP contribution in [0.3, 0.4) is 0 Å². The number of para-hydroxylation sites is 2. The van der Waals surface area contributed by atoms with E-state index in [0.29, 0.717) is 6.04 Å². The van der Waals surface area contributed by atoms with Crippen molar-refractivity contribution in [1.82, 2.24) is 10.6 Å². The standard InChI is InChI=1S/C15H21N3O2/c1-20-14-5-3-2-4-13(14)18-9-7-12(15(18)19)17-11-6-8-16-10-11/h2-5,11-12,16-17H,6-10H2,1H3. The van der Waals surface area contributed by atoms with Gasteiger partial charge in [0.15, 0.2) is 0 Å². The number of amides is 1. The van der Waals surface area contributed by atoms with Crippen LogP contribution in [0.1, 0.15) is 12.8 Å². The van der Waals surface area contributed by atoms with Crippen molar-refractivity contribution in [2.45, 2.75) is 24.9 Å². The summed E-state index contributed by atoms with van der Waals surface area (Å²) in [6.07, 6.45) is 1.95. The normalized spacial score (nSPS) is 26.2. The van der Waals surface area contributed by atoms with E-state index in [0.717, 1.165) is 43.9 Å². The molecule has 1 aromatic rings. The van der Waals surface area contributed by atoms with Gasteiger partial charge in [-0.1, -0.05) is 12.1 Å². The highest BCUT2D eigenvalue weighted by Gasteiger charge is 2.35. The Bertz CT molecular complexity index is 486. The largest absolute Gasteiger partial charge is 0.495 e. The smallest absolute Gasteiger partial charge is 0.244 e. The van der Waals surface area contributed by atoms with E-state index in [1.807, 2.05) is 29.2 Å². The third-order valence-corrected chi connectivity index (χ3v) is 4.08. The Morgan fingerprint density at radius 3 is 2.95 bits per heavy atom. The van der Waals surface area contributed by atoms with Gasteiger partial charge in [0.1, 0.15) is 5.75 Å². The average molecular weight is 275 g/mol. The summed E-state index contributed by atoms with van der Waals surface area (Å²) in [6.45, 7) is 2.74. The lowest BCUT2D eigenvalue weighted by atomic mass is 10.2. The van der Waals surface area contributed by atoms with Crippen molar-refractivity contribution in [2.24, 2.45) is 0 Å². The maximum absolute atomic E-state index is 12.5. The van der Waals surface area contributed by atoms with Gasteiger partial charge in [0.25, 0.3) is 0 Å². The first-order valence-electron chi connectivity index (χ1n) is 7.21. The highest BCUT2D eigenvalue weighted by Crippen LogP contribution is 2.31. The van der Waals surface area contributed by atoms with Crippen LogP contribution in [0.5, 0.6) is 5.75 Å². The van der Waals surface area contributed by atoms with Crippen LogP contribution in [-0.2, 0) is 4.79 Å². The van der Waals surface area contributed by atoms with Gasteiger partial charge in [0.05, 0.1) is 18.8 Å². The maximum Gasteiger partial charge on any atom is 0.244 e. The summed E-state index contributed by atoms with van der Waals surface area (Å²) in [5.74, 6) is 0.908. The molecule has 0 bridgehead atoms. The molecule has 108 valence electrons. The minimum Gasteiger partial charge on any atom is -0.495 e. The van der Waals surface area contributed by atoms with Gasteiger partial charge in [-0.25, -0.2) is 0 Å². The number of benzene rings is 1. The van der Waals surface area contributed by atoms with Crippen LogP contribution < -0.4 is 20.3 Å². The van der Waals surface area contributed by atoms with E-state index < -0.39 is 0 Å². The van der Waals surface area contributed by atoms with Crippen LogP contribution in [0.15, 0.2) is 24.3 Å². The Kier molecular flexibility index (Phi) is 3.89. The third-order valence-electron chi connectivity index (χ3n) is 4.08. The Morgan fingerprint density at radius 1 is 1.35 bits per heavy atom. The third kappa shape index (κ3) is 2.51. The number of carbonyl (C=O) groups is 1. The fraction of sp³-hybridized carbons (Fsp3) is 0.533. The first kappa shape index (κ1) is 13.4. The molecule has 1 amide bonds. The molecule has 0 spiro atoms. The molecule has 2 saturated heterocycles. The first-order valence-corrected chi connectivity index (χ1v) is 7.21. The van der Waals surface area contributed by atoms with Crippen LogP contribution in [0.4, 0.5) is 5.69 Å². The number of ether oxygens (including phenoxy) is 1. The van der Waals surface area contributed by atoms with E-state index in [2.05, 4.69) is 10.6 Å². The van der Waals surface area contributed by atoms with E-state index in [1.54, 1.807) is 7.11 Å². The van der Waals surface area contributed by atoms with E-state index >= 15 is 0 Å². The molecule has 0 aromatic heterocycles. The number of hydrogen-bond acceptors (Lipinski definition) is 4. The molecule has 0 aliphatic carbocycles. The van der Waals surface area contributed by atoms with Crippen molar-refractivity contribution < 1.29 is 9.53 Å². The van der Waals surface area contributed by atoms with Crippen molar-refractivity contribution in [1.29, 1.82) is 0 Å². The van der Waals surface area contributed by atoms with Crippen molar-refractivity contribution in [2.75, 3.05) is 31.6 Å². The predicted molar refractivity (Wildman–Crippen MR) is 78.2 cm³/mol. The molecule has 5 heteroatoms. The number of anilines is 1. The summed E-state index contributed by atoms with van der Waals surface area (Å²) in [7, 11) is 1.64. The van der Waals surface area contributed by atoms with E-state index in [4.69, 9.17) is 4.74 Å². The molecule has 0 saturated carbocycles. The van der Waals surface area contributed by atoms with Gasteiger partial charge < -0.3 is 20.3 Å². The Hall–Kier alpha value is -1.59. The Balaban J connectivity index is 1.71. The first-order chi connectivity index (χ1) is 9.79. The lowest BCUT2D eigenvalue weighted by molar-refractivity contribution is -0.119. The molecule has 2 N–H and O–H groups in total. The Morgan fingerprint density at radius 2 is 2.20 bits per heavy atom. The van der Waals surface area contributed by atoms with Crippen molar-refractivity contribution in [3.63, 3.8) is 0 Å². The summed E-state index contributed by atoms with van der Waals surface area (Å²) in [4.78, 5) is 14.4. The second-order valence-electron chi connectivity index (χ2n) is 5.36. The van der Waals surface area contributed by atoms with Gasteiger partial charge in [-0.3, -0.25) is 4.79 Å². The topological polar surface area (TPSA) is 53.6 Å². The molecule has 5 nitrogen and oxygen atoms in total. The Labute approximate surface area is 119 Å². The second kappa shape index (κ2) is 5.81. The van der Waals surface area contributed by atoms with Crippen molar-refractivity contribution in [3.8, 4) is 5.75 Å². The van der Waals surface area contributed by atoms with Gasteiger partial charge in [0.2, 0.25) is 5.91 Å². The summed E-state index contributed by atoms with van der Waals surface area (Å²) < 4.78 is 5.35. The number of carbonyl (C=O) groups excluding carboxylic acids is 1. The number of nitrogens with zero attached hydrogens (tertiary/aromatic N) is 1. The molecule has 1 aromatic carbocycles. The zero-order valence-corrected chi connectivity index (χ0v) is 11.8. The number of nitrogens with one attached hydrogen (secondary N) is 2. The predicted octanol–water partition coefficient (Wildman–Crippen LogP) is 0.752. The lowest BCUT2D eigenvalue weighted by Gasteiger charge is -2.21. The van der Waals surface area contributed by atoms with Gasteiger partial charge in [-0.2, -0.15) is 0 Å². The molecule has 2 heterocycles. The quantitative estimate of drug-likeness (QED) is 0.851. The number of hydrogen-bond donors (Lipinski definition) is 2. The van der Waals surface area contributed by atoms with Gasteiger partial charge in [-0.05, 0) is 31.5 Å². The van der Waals surface area contributed by atoms with Crippen molar-refractivity contribution >= 4 is 11.6 Å². The van der Waals surface area contributed by atoms with Gasteiger partial charge in [0, 0.05) is 19.1 Å². The van der Waals surface area contributed by atoms with E-state index in [1.165, 1.54) is 0 Å². The minimum atomic E-state index is -0.0650. The molecule has 0 radical (unpaired) electrons. The zero-order valence-electron chi connectivity index (χ0n) is 11.8. The molecule has 2 aliphatic heterocycles. The molecular formula is C15H21N3O2. The minimum absolute atomic E-state index is 0.0650. The fourth-order valence-corrected chi connectivity index (χ4v) is 3.01. The molecular weight excluding hydrogens is 254 g/mol. The van der Waals surface area contributed by atoms with E-state index in [9.17, 15) is 4.79 Å². The fourth-order valence-electron chi connectivity index (χ4n) is 3.01. The SMILES string of the molecule is COc1ccccc1N1CCC(NC2CCNC2)C1=O. The molecule has 2 unspecified atom stereocenters. The maximum atomic E-state index is 12.5. The van der Waals surface area contributed by atoms with Crippen LogP contribution in [-0.4, -0.2) is 44.7 Å². The highest BCUT2D eigenvalue weighted by atomic mass is 16.5. The molecule has 2 fully saturated rings. The summed E-state index contributed by atoms with van der Waals surface area (Å²) in [6, 6.07) is 8.04. The van der Waals surface area contributed by atoms with Crippen LogP contribution in [0, 0.1) is 0 Å².